The summed E-state index contributed by atoms with van der Waals surface area (Å²) in [4.78, 5) is 21.1. The van der Waals surface area contributed by atoms with Gasteiger partial charge in [0.05, 0.1) is 0 Å². The molecule has 0 heterocycles. The molecule has 0 aliphatic carbocycles. The third-order valence-electron chi connectivity index (χ3n) is 2.24. The number of rotatable bonds is 5. The Bertz CT molecular complexity index is 464. The predicted octanol–water partition coefficient (Wildman–Crippen LogP) is 2.45. The van der Waals surface area contributed by atoms with Crippen LogP contribution >= 0.6 is 0 Å². The second kappa shape index (κ2) is 5.94. The molecule has 0 aliphatic rings. The third kappa shape index (κ3) is 4.59. The number of halogens is 1. The highest BCUT2D eigenvalue weighted by atomic mass is 19.1. The van der Waals surface area contributed by atoms with Gasteiger partial charge in [-0.25, -0.2) is 9.18 Å². The van der Waals surface area contributed by atoms with Crippen LogP contribution in [0.1, 0.15) is 24.5 Å². The maximum absolute atomic E-state index is 13.5. The van der Waals surface area contributed by atoms with Crippen molar-refractivity contribution < 1.29 is 19.1 Å². The lowest BCUT2D eigenvalue weighted by Crippen LogP contribution is -1.95. The van der Waals surface area contributed by atoms with E-state index in [1.807, 2.05) is 0 Å². The molecule has 90 valence electrons. The SMILES string of the molecule is CC(=O)CCc1ccc(C=CC(=O)O)c(F)c1. The number of carbonyl (C=O) groups is 2. The highest BCUT2D eigenvalue weighted by Gasteiger charge is 2.02. The van der Waals surface area contributed by atoms with Gasteiger partial charge in [0.1, 0.15) is 11.6 Å². The minimum atomic E-state index is -1.12. The molecular formula is C13H13FO3. The van der Waals surface area contributed by atoms with E-state index in [0.717, 1.165) is 11.6 Å². The van der Waals surface area contributed by atoms with Crippen LogP contribution in [0.25, 0.3) is 6.08 Å². The Morgan fingerprint density at radius 3 is 2.65 bits per heavy atom. The number of carboxylic acid groups (broad SMARTS) is 1. The quantitative estimate of drug-likeness (QED) is 0.799. The Balaban J connectivity index is 2.79. The van der Waals surface area contributed by atoms with Crippen molar-refractivity contribution in [3.63, 3.8) is 0 Å². The number of aryl methyl sites for hydroxylation is 1. The minimum absolute atomic E-state index is 0.0558. The standard InChI is InChI=1S/C13H13FO3/c1-9(15)2-3-10-4-5-11(12(14)8-10)6-7-13(16)17/h4-8H,2-3H2,1H3,(H,16,17). The number of aliphatic carboxylic acids is 1. The lowest BCUT2D eigenvalue weighted by atomic mass is 10.1. The Labute approximate surface area is 98.6 Å². The van der Waals surface area contributed by atoms with Crippen LogP contribution in [-0.4, -0.2) is 16.9 Å². The fourth-order valence-electron chi connectivity index (χ4n) is 1.34. The molecule has 0 aromatic heterocycles. The van der Waals surface area contributed by atoms with Crippen molar-refractivity contribution in [2.45, 2.75) is 19.8 Å². The number of benzene rings is 1. The zero-order valence-electron chi connectivity index (χ0n) is 9.44. The summed E-state index contributed by atoms with van der Waals surface area (Å²) in [7, 11) is 0. The van der Waals surface area contributed by atoms with E-state index in [2.05, 4.69) is 0 Å². The summed E-state index contributed by atoms with van der Waals surface area (Å²) in [6, 6.07) is 4.52. The van der Waals surface area contributed by atoms with E-state index in [4.69, 9.17) is 5.11 Å². The highest BCUT2D eigenvalue weighted by Crippen LogP contribution is 2.13. The highest BCUT2D eigenvalue weighted by molar-refractivity contribution is 5.85. The summed E-state index contributed by atoms with van der Waals surface area (Å²) in [6.45, 7) is 1.49. The maximum atomic E-state index is 13.5. The van der Waals surface area contributed by atoms with Gasteiger partial charge in [0.2, 0.25) is 0 Å². The lowest BCUT2D eigenvalue weighted by Gasteiger charge is -2.02. The largest absolute Gasteiger partial charge is 0.478 e. The Hall–Kier alpha value is -1.97. The topological polar surface area (TPSA) is 54.4 Å². The molecule has 3 nitrogen and oxygen atoms in total. The summed E-state index contributed by atoms with van der Waals surface area (Å²) in [5.74, 6) is -1.55. The van der Waals surface area contributed by atoms with Crippen LogP contribution in [-0.2, 0) is 16.0 Å². The van der Waals surface area contributed by atoms with Gasteiger partial charge < -0.3 is 9.90 Å². The number of Topliss-reactive ketones (excluding diaryl/α,β-unsaturated/α-hetero) is 1. The van der Waals surface area contributed by atoms with Crippen molar-refractivity contribution in [3.8, 4) is 0 Å². The zero-order valence-corrected chi connectivity index (χ0v) is 9.44. The summed E-state index contributed by atoms with van der Waals surface area (Å²) in [5.41, 5.74) is 0.948. The second-order valence-electron chi connectivity index (χ2n) is 3.73. The maximum Gasteiger partial charge on any atom is 0.328 e. The Morgan fingerprint density at radius 2 is 2.12 bits per heavy atom. The number of carboxylic acids is 1. The van der Waals surface area contributed by atoms with Crippen LogP contribution in [0.5, 0.6) is 0 Å². The van der Waals surface area contributed by atoms with Crippen molar-refractivity contribution in [3.05, 3.63) is 41.2 Å². The average Bonchev–Trinajstić information content (AvgIpc) is 2.24. The van der Waals surface area contributed by atoms with Gasteiger partial charge in [0.25, 0.3) is 0 Å². The van der Waals surface area contributed by atoms with Gasteiger partial charge in [-0.1, -0.05) is 12.1 Å². The molecule has 4 heteroatoms. The van der Waals surface area contributed by atoms with Crippen LogP contribution in [0.3, 0.4) is 0 Å². The molecule has 0 fully saturated rings. The van der Waals surface area contributed by atoms with E-state index in [1.54, 1.807) is 6.07 Å². The monoisotopic (exact) mass is 236 g/mol. The molecule has 0 amide bonds. The third-order valence-corrected chi connectivity index (χ3v) is 2.24. The molecule has 1 N–H and O–H groups in total. The second-order valence-corrected chi connectivity index (χ2v) is 3.73. The van der Waals surface area contributed by atoms with Gasteiger partial charge in [0.15, 0.2) is 0 Å². The molecule has 1 aromatic carbocycles. The van der Waals surface area contributed by atoms with E-state index in [0.29, 0.717) is 12.8 Å². The van der Waals surface area contributed by atoms with Crippen molar-refractivity contribution in [1.82, 2.24) is 0 Å². The molecule has 0 aliphatic heterocycles. The van der Waals surface area contributed by atoms with Crippen molar-refractivity contribution >= 4 is 17.8 Å². The van der Waals surface area contributed by atoms with Gasteiger partial charge in [-0.2, -0.15) is 0 Å². The van der Waals surface area contributed by atoms with Gasteiger partial charge in [-0.15, -0.1) is 0 Å². The van der Waals surface area contributed by atoms with Crippen molar-refractivity contribution in [2.24, 2.45) is 0 Å². The van der Waals surface area contributed by atoms with E-state index in [-0.39, 0.29) is 11.3 Å². The lowest BCUT2D eigenvalue weighted by molar-refractivity contribution is -0.131. The van der Waals surface area contributed by atoms with Crippen LogP contribution < -0.4 is 0 Å². The van der Waals surface area contributed by atoms with Gasteiger partial charge in [-0.3, -0.25) is 0 Å². The van der Waals surface area contributed by atoms with E-state index in [1.165, 1.54) is 25.1 Å². The zero-order chi connectivity index (χ0) is 12.8. The van der Waals surface area contributed by atoms with Gasteiger partial charge >= 0.3 is 5.97 Å². The predicted molar refractivity (Wildman–Crippen MR) is 62.1 cm³/mol. The van der Waals surface area contributed by atoms with Crippen LogP contribution in [0, 0.1) is 5.82 Å². The smallest absolute Gasteiger partial charge is 0.328 e. The van der Waals surface area contributed by atoms with Gasteiger partial charge in [-0.05, 0) is 31.1 Å². The molecule has 0 saturated carbocycles. The summed E-state index contributed by atoms with van der Waals surface area (Å²) >= 11 is 0. The number of carbonyl (C=O) groups excluding carboxylic acids is 1. The minimum Gasteiger partial charge on any atom is -0.478 e. The summed E-state index contributed by atoms with van der Waals surface area (Å²) in [6.07, 6.45) is 2.96. The molecule has 0 saturated heterocycles. The van der Waals surface area contributed by atoms with E-state index in [9.17, 15) is 14.0 Å². The van der Waals surface area contributed by atoms with Crippen LogP contribution in [0.15, 0.2) is 24.3 Å². The molecular weight excluding hydrogens is 223 g/mol. The first kappa shape index (κ1) is 13.1. The normalized spacial score (nSPS) is 10.7. The summed E-state index contributed by atoms with van der Waals surface area (Å²) < 4.78 is 13.5. The number of hydrogen-bond donors (Lipinski definition) is 1. The first-order valence-electron chi connectivity index (χ1n) is 5.18. The fraction of sp³-hybridized carbons (Fsp3) is 0.231. The van der Waals surface area contributed by atoms with Crippen LogP contribution in [0.2, 0.25) is 0 Å². The van der Waals surface area contributed by atoms with Gasteiger partial charge in [0, 0.05) is 18.1 Å². The molecule has 0 radical (unpaired) electrons. The molecule has 0 spiro atoms. The molecule has 0 bridgehead atoms. The molecule has 0 unspecified atom stereocenters. The fourth-order valence-corrected chi connectivity index (χ4v) is 1.34. The molecule has 1 aromatic rings. The first-order chi connectivity index (χ1) is 7.99. The number of hydrogen-bond acceptors (Lipinski definition) is 2. The first-order valence-corrected chi connectivity index (χ1v) is 5.18. The van der Waals surface area contributed by atoms with Crippen molar-refractivity contribution in [1.29, 1.82) is 0 Å². The molecule has 1 rings (SSSR count). The molecule has 17 heavy (non-hydrogen) atoms. The average molecular weight is 236 g/mol. The Kier molecular flexibility index (Phi) is 4.57. The molecule has 0 atom stereocenters. The van der Waals surface area contributed by atoms with E-state index < -0.39 is 11.8 Å². The van der Waals surface area contributed by atoms with Crippen molar-refractivity contribution in [2.75, 3.05) is 0 Å². The number of ketones is 1. The van der Waals surface area contributed by atoms with E-state index >= 15 is 0 Å². The summed E-state index contributed by atoms with van der Waals surface area (Å²) in [5, 5.41) is 8.42. The Morgan fingerprint density at radius 1 is 1.41 bits per heavy atom. The van der Waals surface area contributed by atoms with Crippen LogP contribution in [0.4, 0.5) is 4.39 Å².